The minimum atomic E-state index is -1.91. The zero-order chi connectivity index (χ0) is 65.3. The number of amides is 9. The van der Waals surface area contributed by atoms with Crippen LogP contribution in [-0.4, -0.2) is 178 Å². The molecule has 488 valence electrons. The highest BCUT2D eigenvalue weighted by atomic mass is 79.9. The fourth-order valence-corrected chi connectivity index (χ4v) is 11.1. The summed E-state index contributed by atoms with van der Waals surface area (Å²) in [6, 6.07) is 5.12. The predicted octanol–water partition coefficient (Wildman–Crippen LogP) is 4.53. The van der Waals surface area contributed by atoms with E-state index >= 15 is 0 Å². The van der Waals surface area contributed by atoms with Crippen molar-refractivity contribution in [1.29, 1.82) is 0 Å². The molecule has 0 saturated carbocycles. The van der Waals surface area contributed by atoms with Crippen molar-refractivity contribution in [3.63, 3.8) is 0 Å². The number of benzene rings is 2. The van der Waals surface area contributed by atoms with Gasteiger partial charge in [-0.15, -0.1) is 5.06 Å². The molecule has 4 aliphatic rings. The van der Waals surface area contributed by atoms with E-state index < -0.39 is 114 Å². The number of hydroxylamine groups is 2. The summed E-state index contributed by atoms with van der Waals surface area (Å²) in [5.41, 5.74) is 4.40. The lowest BCUT2D eigenvalue weighted by molar-refractivity contribution is -0.198. The topological polar surface area (TPSA) is 368 Å². The van der Waals surface area contributed by atoms with Gasteiger partial charge in [-0.2, -0.15) is 0 Å². The fourth-order valence-electron chi connectivity index (χ4n) is 10.1. The van der Waals surface area contributed by atoms with E-state index in [9.17, 15) is 48.3 Å². The Morgan fingerprint density at radius 1 is 0.955 bits per heavy atom. The average Bonchev–Trinajstić information content (AvgIpc) is 1.61. The Kier molecular flexibility index (Phi) is 25.9. The Balaban J connectivity index is 1.09. The highest BCUT2D eigenvalue weighted by Crippen LogP contribution is 2.49. The summed E-state index contributed by atoms with van der Waals surface area (Å²) in [5, 5.41) is 31.9. The molecule has 0 spiro atoms. The van der Waals surface area contributed by atoms with E-state index in [2.05, 4.69) is 53.1 Å². The summed E-state index contributed by atoms with van der Waals surface area (Å²) in [4.78, 5) is 122. The second-order valence-corrected chi connectivity index (χ2v) is 23.8. The molecule has 4 bridgehead atoms. The average molecular weight is 1350 g/mol. The second kappa shape index (κ2) is 32.5. The van der Waals surface area contributed by atoms with Crippen molar-refractivity contribution in [1.82, 2.24) is 31.6 Å². The Labute approximate surface area is 533 Å². The van der Waals surface area contributed by atoms with Gasteiger partial charge in [0.05, 0.1) is 63.9 Å². The van der Waals surface area contributed by atoms with Crippen molar-refractivity contribution in [2.24, 2.45) is 17.6 Å². The molecule has 0 radical (unpaired) electrons. The summed E-state index contributed by atoms with van der Waals surface area (Å²) in [6.07, 6.45) is -0.765. The van der Waals surface area contributed by atoms with Gasteiger partial charge in [0.2, 0.25) is 17.7 Å². The lowest BCUT2D eigenvalue weighted by Gasteiger charge is -2.42. The number of hydrogen-bond donors (Lipinski definition) is 9. The molecular weight excluding hydrogens is 1270 g/mol. The van der Waals surface area contributed by atoms with Crippen molar-refractivity contribution >= 4 is 116 Å². The van der Waals surface area contributed by atoms with Gasteiger partial charge in [-0.05, 0) is 103 Å². The van der Waals surface area contributed by atoms with Crippen LogP contribution >= 0.6 is 39.7 Å². The van der Waals surface area contributed by atoms with E-state index in [-0.39, 0.29) is 105 Å². The normalized spacial score (nSPS) is 24.3. The first-order chi connectivity index (χ1) is 42.2. The van der Waals surface area contributed by atoms with Gasteiger partial charge >= 0.3 is 24.2 Å². The zero-order valence-electron chi connectivity index (χ0n) is 50.7. The van der Waals surface area contributed by atoms with Crippen molar-refractivity contribution in [3.05, 3.63) is 69.2 Å². The van der Waals surface area contributed by atoms with E-state index in [0.717, 1.165) is 11.1 Å². The summed E-state index contributed by atoms with van der Waals surface area (Å²) in [5.74, 6) is -4.29. The number of anilines is 3. The van der Waals surface area contributed by atoms with Crippen molar-refractivity contribution in [2.75, 3.05) is 76.3 Å². The molecule has 6 rings (SSSR count). The number of allylic oxidation sites excluding steroid dienone is 3. The SMILES string of the molecule is COc1cc2cc(c1Cl)N(C)C(=O)C[C@H](OC(=O)Nc1ccc(NC(=O)[C@H](CCCNC(N)=O)NC(=O)[C@@H](NC(=S)NCCOCCOCCC(=O)ON3C(=O)CCC3=O)C(C)C)c(Br)c1)[C@]1(C)O[C@H]1[C@H](C)[C@@H]1C[C@@](O)(NC(=O)O1)[C@H](OC)/C=C/C=C(\C)C2. The summed E-state index contributed by atoms with van der Waals surface area (Å²) in [6.45, 7) is 9.66. The maximum Gasteiger partial charge on any atom is 0.412 e. The number of halogens is 2. The van der Waals surface area contributed by atoms with E-state index in [1.807, 2.05) is 13.0 Å². The number of imide groups is 1. The third-order valence-electron chi connectivity index (χ3n) is 15.1. The van der Waals surface area contributed by atoms with Crippen LogP contribution < -0.4 is 52.6 Å². The van der Waals surface area contributed by atoms with Crippen LogP contribution in [0.15, 0.2) is 58.6 Å². The number of aliphatic hydroxyl groups is 1. The van der Waals surface area contributed by atoms with Gasteiger partial charge in [0.15, 0.2) is 10.8 Å². The van der Waals surface area contributed by atoms with Gasteiger partial charge in [-0.3, -0.25) is 34.6 Å². The monoisotopic (exact) mass is 1350 g/mol. The summed E-state index contributed by atoms with van der Waals surface area (Å²) < 4.78 is 40.6. The lowest BCUT2D eigenvalue weighted by Crippen LogP contribution is -2.63. The molecule has 2 aromatic carbocycles. The molecule has 3 saturated heterocycles. The number of epoxide rings is 1. The number of hydrogen-bond acceptors (Lipinski definition) is 19. The molecule has 4 heterocycles. The van der Waals surface area contributed by atoms with Crippen molar-refractivity contribution < 1.29 is 86.3 Å². The molecule has 10 N–H and O–H groups in total. The number of primary amides is 1. The van der Waals surface area contributed by atoms with Crippen LogP contribution in [0.3, 0.4) is 0 Å². The van der Waals surface area contributed by atoms with Crippen molar-refractivity contribution in [2.45, 2.75) is 134 Å². The maximum absolute atomic E-state index is 14.4. The molecule has 0 aromatic heterocycles. The molecule has 89 heavy (non-hydrogen) atoms. The molecule has 0 unspecified atom stereocenters. The lowest BCUT2D eigenvalue weighted by atomic mass is 9.83. The van der Waals surface area contributed by atoms with Crippen LogP contribution in [-0.2, 0) is 68.4 Å². The molecule has 0 aliphatic carbocycles. The Morgan fingerprint density at radius 2 is 1.66 bits per heavy atom. The first-order valence-electron chi connectivity index (χ1n) is 28.7. The Hall–Kier alpha value is -7.19. The number of nitrogens with zero attached hydrogens (tertiary/aromatic N) is 2. The van der Waals surface area contributed by atoms with Crippen LogP contribution in [0.2, 0.25) is 5.02 Å². The molecule has 9 amide bonds. The van der Waals surface area contributed by atoms with Crippen LogP contribution in [0, 0.1) is 11.8 Å². The highest BCUT2D eigenvalue weighted by Gasteiger charge is 2.64. The van der Waals surface area contributed by atoms with Crippen molar-refractivity contribution in [3.8, 4) is 5.75 Å². The van der Waals surface area contributed by atoms with Gasteiger partial charge in [0.1, 0.15) is 46.8 Å². The highest BCUT2D eigenvalue weighted by molar-refractivity contribution is 9.10. The van der Waals surface area contributed by atoms with Gasteiger partial charge in [-0.1, -0.05) is 56.2 Å². The number of nitrogens with one attached hydrogen (secondary N) is 7. The third kappa shape index (κ3) is 19.9. The molecular formula is C58H78BrClN10O18S. The number of carbonyl (C=O) groups excluding carboxylic acids is 9. The molecule has 28 nitrogen and oxygen atoms in total. The predicted molar refractivity (Wildman–Crippen MR) is 330 cm³/mol. The van der Waals surface area contributed by atoms with E-state index in [1.165, 1.54) is 44.4 Å². The zero-order valence-corrected chi connectivity index (χ0v) is 53.8. The first kappa shape index (κ1) is 70.9. The number of alkyl carbamates (subject to hydrolysis) is 1. The van der Waals surface area contributed by atoms with Crippen LogP contribution in [0.5, 0.6) is 5.75 Å². The molecule has 31 heteroatoms. The first-order valence-corrected chi connectivity index (χ1v) is 30.3. The number of methoxy groups -OCH3 is 2. The van der Waals surface area contributed by atoms with E-state index in [0.29, 0.717) is 27.4 Å². The van der Waals surface area contributed by atoms with Crippen LogP contribution in [0.25, 0.3) is 0 Å². The smallest absolute Gasteiger partial charge is 0.412 e. The third-order valence-corrected chi connectivity index (χ3v) is 16.4. The number of nitrogens with two attached hydrogens (primary N) is 1. The minimum Gasteiger partial charge on any atom is -0.495 e. The van der Waals surface area contributed by atoms with Gasteiger partial charge in [0.25, 0.3) is 11.8 Å². The Bertz CT molecular complexity index is 3020. The number of rotatable bonds is 24. The Morgan fingerprint density at radius 3 is 2.33 bits per heavy atom. The summed E-state index contributed by atoms with van der Waals surface area (Å²) >= 11 is 15.8. The molecule has 9 atom stereocenters. The number of thiocarbonyl (C=S) groups is 1. The number of carbonyl (C=O) groups is 9. The van der Waals surface area contributed by atoms with Gasteiger partial charge < -0.3 is 80.3 Å². The molecule has 2 aromatic rings. The second-order valence-electron chi connectivity index (χ2n) is 22.1. The number of ether oxygens (including phenoxy) is 7. The van der Waals surface area contributed by atoms with Crippen LogP contribution in [0.1, 0.15) is 85.1 Å². The fraction of sp³-hybridized carbons (Fsp3) is 0.552. The van der Waals surface area contributed by atoms with E-state index in [1.54, 1.807) is 52.0 Å². The standard InChI is InChI=1S/C58H78BrClN10O18S/c1-31(2)49(67-54(89)63-20-22-84-24-23-83-21-18-47(74)88-70-44(71)16-17-45(70)72)52(76)66-38(12-10-19-62-53(61)77)51(75)65-37-15-14-35(28-36(37)59)64-55(78)86-43-29-46(73)69(6)39-26-34(27-40(81-7)48(39)60)25-32(3)11-9-13-42(82-8)58(80)30-41(85-56(79)68-58)33(4)50-57(43,5)87-50/h9,11,13-15,26-28,31,33,38,41-43,49-50,80H,10,12,16-25,29-30H2,1-8H3,(H,64,78)(H,65,75)(H,66,76)(H,68,79)(H3,61,62,77)(H2,63,67,89)/b13-9+,32-11+/t33-,38+,41+,42-,43+,49+,50+,57+,58+/m1/s1. The largest absolute Gasteiger partial charge is 0.495 e. The van der Waals surface area contributed by atoms with E-state index in [4.69, 9.17) is 67.5 Å². The van der Waals surface area contributed by atoms with Crippen LogP contribution in [0.4, 0.5) is 31.4 Å². The van der Waals surface area contributed by atoms with Gasteiger partial charge in [-0.25, -0.2) is 19.2 Å². The quantitative estimate of drug-likeness (QED) is 0.0302. The molecule has 4 aliphatic heterocycles. The molecule has 3 fully saturated rings. The maximum atomic E-state index is 14.4. The number of fused-ring (bicyclic) bond motifs is 5. The number of urea groups is 1. The minimum absolute atomic E-state index is 0.0101. The summed E-state index contributed by atoms with van der Waals surface area (Å²) in [7, 11) is 4.39. The van der Waals surface area contributed by atoms with Gasteiger partial charge in [0, 0.05) is 62.6 Å².